The molecule has 10 rings (SSSR count). The molecule has 0 bridgehead atoms. The summed E-state index contributed by atoms with van der Waals surface area (Å²) in [5.74, 6) is -4.46. The minimum atomic E-state index is -4.70. The highest BCUT2D eigenvalue weighted by Crippen LogP contribution is 2.40. The third kappa shape index (κ3) is 23.6. The lowest BCUT2D eigenvalue weighted by atomic mass is 10.2. The second-order valence-electron chi connectivity index (χ2n) is 21.1. The molecule has 0 aliphatic carbocycles. The van der Waals surface area contributed by atoms with Gasteiger partial charge < -0.3 is 37.4 Å². The second-order valence-corrected chi connectivity index (χ2v) is 28.4. The number of nitrogens with zero attached hydrogens (tertiary/aromatic N) is 10. The highest BCUT2D eigenvalue weighted by molar-refractivity contribution is 7.16. The Morgan fingerprint density at radius 1 is 0.425 bits per heavy atom. The van der Waals surface area contributed by atoms with Crippen molar-refractivity contribution in [2.45, 2.75) is 84.4 Å². The normalized spacial score (nSPS) is 12.6. The molecule has 0 radical (unpaired) electrons. The standard InChI is InChI=1S/C25H19Cl2F3N6O2S2.C12H10ClF3N4OS.C12H9ClF3N3O2S.C12H7ClF3N3O2S/c1-11-6-14(4-5-16(11)26)35-21(37)18-9-32-23(39-18)12(2)34-13(3)24-33-10-19(40-24)22(38)36-20-7-15(25(28,29)30)17(27)8-31-20;1-5(17)11-19-4-8(22-11)10(21)20-9-2-6(12(14,15)16)7(13)3-18-9;2*1-5(20)11-18-4-8(22-11)10(21)19-9-2-6(12(14,15)16)7(13)3-17-9/h4-10,12H,1-3H3,(H,35,37)(H,31,36,38);2-5H,17H2,1H3,(H,18,20,21);2-5,20H,1H3,(H,17,19,21);2-4H,1H3,(H,17,19,21)/t;5-;;/m.1../s1. The highest BCUT2D eigenvalue weighted by Gasteiger charge is 2.37. The Kier molecular flexibility index (Phi) is 28.5. The fourth-order valence-corrected chi connectivity index (χ4v) is 12.5. The molecule has 3 atom stereocenters. The number of alkyl halides is 12. The van der Waals surface area contributed by atoms with E-state index in [0.717, 1.165) is 81.9 Å². The van der Waals surface area contributed by atoms with Gasteiger partial charge in [-0.1, -0.05) is 58.0 Å². The van der Waals surface area contributed by atoms with Crippen molar-refractivity contribution in [3.05, 3.63) is 201 Å². The number of halogens is 17. The number of anilines is 5. The number of rotatable bonds is 16. The van der Waals surface area contributed by atoms with E-state index in [4.69, 9.17) is 63.7 Å². The van der Waals surface area contributed by atoms with Crippen LogP contribution >= 0.6 is 115 Å². The van der Waals surface area contributed by atoms with Crippen molar-refractivity contribution in [3.8, 4) is 0 Å². The quantitative estimate of drug-likeness (QED) is 0.0268. The third-order valence-electron chi connectivity index (χ3n) is 12.8. The smallest absolute Gasteiger partial charge is 0.386 e. The summed E-state index contributed by atoms with van der Waals surface area (Å²) < 4.78 is 154. The number of aryl methyl sites for hydroxylation is 1. The van der Waals surface area contributed by atoms with E-state index in [9.17, 15) is 86.6 Å². The number of aliphatic hydroxyl groups is 1. The molecule has 0 spiro atoms. The van der Waals surface area contributed by atoms with Crippen LogP contribution in [0.1, 0.15) is 159 Å². The summed E-state index contributed by atoms with van der Waals surface area (Å²) in [5, 5.41) is 21.6. The largest absolute Gasteiger partial charge is 0.418 e. The summed E-state index contributed by atoms with van der Waals surface area (Å²) in [6, 6.07) is 7.05. The lowest BCUT2D eigenvalue weighted by Gasteiger charge is -2.10. The van der Waals surface area contributed by atoms with Gasteiger partial charge in [0.25, 0.3) is 29.5 Å². The van der Waals surface area contributed by atoms with Gasteiger partial charge in [0.1, 0.15) is 73.8 Å². The molecule has 9 aromatic heterocycles. The van der Waals surface area contributed by atoms with E-state index >= 15 is 0 Å². The first-order valence-electron chi connectivity index (χ1n) is 28.9. The van der Waals surface area contributed by atoms with Gasteiger partial charge in [-0.2, -0.15) is 52.7 Å². The fraction of sp³-hybridized carbons (Fsp3) is 0.213. The van der Waals surface area contributed by atoms with Crippen molar-refractivity contribution in [2.24, 2.45) is 10.7 Å². The first-order chi connectivity index (χ1) is 49.4. The zero-order valence-electron chi connectivity index (χ0n) is 53.9. The van der Waals surface area contributed by atoms with Crippen molar-refractivity contribution in [1.29, 1.82) is 0 Å². The van der Waals surface area contributed by atoms with Crippen LogP contribution in [0.3, 0.4) is 0 Å². The summed E-state index contributed by atoms with van der Waals surface area (Å²) in [6.07, 6.45) is -9.74. The molecular formula is C61H45Cl5F12N16O7S5. The number of carbonyl (C=O) groups excluding carboxylic acids is 6. The van der Waals surface area contributed by atoms with Crippen molar-refractivity contribution < 1.29 is 86.6 Å². The Morgan fingerprint density at radius 3 is 1.06 bits per heavy atom. The topological polar surface area (TPSA) is 337 Å². The summed E-state index contributed by atoms with van der Waals surface area (Å²) in [7, 11) is 0. The van der Waals surface area contributed by atoms with Gasteiger partial charge >= 0.3 is 24.7 Å². The molecule has 560 valence electrons. The van der Waals surface area contributed by atoms with Gasteiger partial charge in [0, 0.05) is 42.4 Å². The fourth-order valence-electron chi connectivity index (χ4n) is 7.79. The van der Waals surface area contributed by atoms with Crippen molar-refractivity contribution in [3.63, 3.8) is 0 Å². The van der Waals surface area contributed by atoms with E-state index in [1.54, 1.807) is 39.0 Å². The van der Waals surface area contributed by atoms with Crippen LogP contribution < -0.4 is 32.3 Å². The van der Waals surface area contributed by atoms with Gasteiger partial charge in [-0.3, -0.25) is 33.8 Å². The second kappa shape index (κ2) is 35.7. The van der Waals surface area contributed by atoms with E-state index in [0.29, 0.717) is 65.6 Å². The molecule has 0 saturated carbocycles. The van der Waals surface area contributed by atoms with Crippen molar-refractivity contribution in [2.75, 3.05) is 26.6 Å². The molecule has 0 saturated heterocycles. The molecule has 106 heavy (non-hydrogen) atoms. The van der Waals surface area contributed by atoms with Gasteiger partial charge in [-0.05, 0) is 82.6 Å². The summed E-state index contributed by atoms with van der Waals surface area (Å²) in [4.78, 5) is 112. The molecule has 1 aromatic carbocycles. The zero-order valence-corrected chi connectivity index (χ0v) is 61.7. The summed E-state index contributed by atoms with van der Waals surface area (Å²) in [6.45, 7) is 9.83. The Balaban J connectivity index is 0.000000206. The molecule has 23 nitrogen and oxygen atoms in total. The maximum atomic E-state index is 13.1. The maximum Gasteiger partial charge on any atom is 0.418 e. The number of thiazole rings is 5. The number of pyridine rings is 4. The highest BCUT2D eigenvalue weighted by atomic mass is 35.5. The minimum absolute atomic E-state index is 0.0792. The van der Waals surface area contributed by atoms with Crippen LogP contribution in [-0.4, -0.2) is 91.0 Å². The zero-order chi connectivity index (χ0) is 78.7. The lowest BCUT2D eigenvalue weighted by Crippen LogP contribution is -2.13. The predicted octanol–water partition coefficient (Wildman–Crippen LogP) is 18.4. The molecule has 8 N–H and O–H groups in total. The number of aliphatic hydroxyl groups excluding tert-OH is 1. The average molecular weight is 1680 g/mol. The molecule has 5 amide bonds. The summed E-state index contributed by atoms with van der Waals surface area (Å²) >= 11 is 33.0. The minimum Gasteiger partial charge on any atom is -0.386 e. The SMILES string of the molecule is CC(=NC(C)c1ncc(C(=O)Nc2ccc(Cl)c(C)c2)s1)c1ncc(C(=O)Nc2cc(C(F)(F)F)c(Cl)cn2)s1.CC(=O)c1ncc(C(=O)Nc2cc(C(F)(F)F)c(Cl)cn2)s1.CC(O)c1ncc(C(=O)Nc2cc(C(F)(F)F)c(Cl)cn2)s1.C[C@@H](N)c1ncc(C(=O)Nc2cc(C(F)(F)F)c(Cl)cn2)s1. The Hall–Kier alpha value is -8.81. The summed E-state index contributed by atoms with van der Waals surface area (Å²) in [5.41, 5.74) is 3.22. The van der Waals surface area contributed by atoms with E-state index in [1.807, 2.05) is 6.92 Å². The van der Waals surface area contributed by atoms with Gasteiger partial charge in [0.15, 0.2) is 10.8 Å². The molecule has 2 unspecified atom stereocenters. The van der Waals surface area contributed by atoms with Crippen LogP contribution in [0.2, 0.25) is 25.1 Å². The molecule has 0 aliphatic rings. The van der Waals surface area contributed by atoms with Crippen molar-refractivity contribution >= 4 is 185 Å². The number of aromatic nitrogens is 9. The number of ketones is 1. The van der Waals surface area contributed by atoms with E-state index in [1.165, 1.54) is 50.0 Å². The van der Waals surface area contributed by atoms with E-state index in [-0.39, 0.29) is 65.5 Å². The molecule has 45 heteroatoms. The van der Waals surface area contributed by atoms with Crippen LogP contribution in [0.15, 0.2) is 103 Å². The predicted molar refractivity (Wildman–Crippen MR) is 377 cm³/mol. The average Bonchev–Trinajstić information content (AvgIpc) is 1.10. The molecule has 10 aromatic rings. The number of benzene rings is 1. The maximum absolute atomic E-state index is 13.1. The van der Waals surface area contributed by atoms with Gasteiger partial charge in [0.2, 0.25) is 0 Å². The molecule has 0 aliphatic heterocycles. The number of aliphatic imine (C=N–C) groups is 1. The molecule has 9 heterocycles. The lowest BCUT2D eigenvalue weighted by molar-refractivity contribution is -0.138. The van der Waals surface area contributed by atoms with Crippen LogP contribution in [0, 0.1) is 6.92 Å². The van der Waals surface area contributed by atoms with Gasteiger partial charge in [-0.15, -0.1) is 56.7 Å². The number of hydrogen-bond acceptors (Lipinski definition) is 23. The van der Waals surface area contributed by atoms with E-state index < -0.39 is 103 Å². The van der Waals surface area contributed by atoms with Gasteiger partial charge in [-0.25, -0.2) is 44.9 Å². The van der Waals surface area contributed by atoms with Crippen LogP contribution in [0.4, 0.5) is 81.6 Å². The van der Waals surface area contributed by atoms with E-state index in [2.05, 4.69) is 76.4 Å². The number of nitrogens with two attached hydrogens (primary N) is 1. The molecular weight excluding hydrogens is 1630 g/mol. The van der Waals surface area contributed by atoms with Crippen LogP contribution in [-0.2, 0) is 24.7 Å². The Labute approximate surface area is 634 Å². The molecule has 0 fully saturated rings. The first kappa shape index (κ1) is 84.5. The number of Topliss-reactive ketones (excluding diaryl/α,β-unsaturated/α-hetero) is 1. The Morgan fingerprint density at radius 2 is 0.736 bits per heavy atom. The number of carbonyl (C=O) groups is 6. The van der Waals surface area contributed by atoms with Gasteiger partial charge in [0.05, 0.1) is 91.1 Å². The Bertz CT molecular complexity index is 4810. The number of hydrogen-bond donors (Lipinski definition) is 7. The van der Waals surface area contributed by atoms with Crippen molar-refractivity contribution in [1.82, 2.24) is 44.9 Å². The van der Waals surface area contributed by atoms with Crippen LogP contribution in [0.5, 0.6) is 0 Å². The number of nitrogens with one attached hydrogen (secondary N) is 5. The third-order valence-corrected chi connectivity index (χ3v) is 20.2. The number of amides is 5. The monoisotopic (exact) mass is 1680 g/mol. The first-order valence-corrected chi connectivity index (χ1v) is 34.9. The van der Waals surface area contributed by atoms with Crippen LogP contribution in [0.25, 0.3) is 0 Å².